The number of halogens is 1. The van der Waals surface area contributed by atoms with Crippen molar-refractivity contribution in [1.29, 1.82) is 0 Å². The van der Waals surface area contributed by atoms with E-state index in [1.54, 1.807) is 11.3 Å². The predicted molar refractivity (Wildman–Crippen MR) is 72.2 cm³/mol. The van der Waals surface area contributed by atoms with E-state index in [2.05, 4.69) is 21.2 Å². The highest BCUT2D eigenvalue weighted by atomic mass is 79.9. The summed E-state index contributed by atoms with van der Waals surface area (Å²) in [6.45, 7) is 2.53. The quantitative estimate of drug-likeness (QED) is 0.916. The summed E-state index contributed by atoms with van der Waals surface area (Å²) in [5.41, 5.74) is 1.03. The summed E-state index contributed by atoms with van der Waals surface area (Å²) in [6.07, 6.45) is 0. The Balaban J connectivity index is 1.99. The van der Waals surface area contributed by atoms with Gasteiger partial charge in [-0.25, -0.2) is 0 Å². The molecule has 0 aliphatic carbocycles. The second-order valence-corrected chi connectivity index (χ2v) is 6.08. The first-order valence-corrected chi connectivity index (χ1v) is 7.28. The molecule has 0 saturated carbocycles. The summed E-state index contributed by atoms with van der Waals surface area (Å²) >= 11 is 6.55. The second-order valence-electron chi connectivity index (χ2n) is 3.31. The standard InChI is InChI=1S/C11H10BrNOS2/c1-7-2-4-16-10(7)11(14)13-6-9-8(12)3-5-15-9/h2-5H,6H2,1H3,(H,13,14). The summed E-state index contributed by atoms with van der Waals surface area (Å²) in [4.78, 5) is 13.8. The Morgan fingerprint density at radius 2 is 2.12 bits per heavy atom. The lowest BCUT2D eigenvalue weighted by Gasteiger charge is -2.03. The zero-order valence-corrected chi connectivity index (χ0v) is 11.8. The van der Waals surface area contributed by atoms with Gasteiger partial charge in [0.15, 0.2) is 0 Å². The van der Waals surface area contributed by atoms with Gasteiger partial charge in [-0.3, -0.25) is 4.79 Å². The number of hydrogen-bond donors (Lipinski definition) is 1. The fourth-order valence-corrected chi connectivity index (χ4v) is 3.57. The Bertz CT molecular complexity index is 504. The average molecular weight is 316 g/mol. The van der Waals surface area contributed by atoms with Crippen LogP contribution in [0.1, 0.15) is 20.1 Å². The molecule has 0 bridgehead atoms. The van der Waals surface area contributed by atoms with Gasteiger partial charge in [0.1, 0.15) is 0 Å². The molecule has 0 fully saturated rings. The lowest BCUT2D eigenvalue weighted by Crippen LogP contribution is -2.22. The Kier molecular flexibility index (Phi) is 3.78. The highest BCUT2D eigenvalue weighted by Crippen LogP contribution is 2.22. The van der Waals surface area contributed by atoms with Crippen molar-refractivity contribution in [2.45, 2.75) is 13.5 Å². The van der Waals surface area contributed by atoms with Gasteiger partial charge in [0.25, 0.3) is 5.91 Å². The number of thiophene rings is 2. The number of carbonyl (C=O) groups is 1. The molecule has 0 radical (unpaired) electrons. The maximum atomic E-state index is 11.8. The van der Waals surface area contributed by atoms with Crippen LogP contribution in [0.15, 0.2) is 27.4 Å². The van der Waals surface area contributed by atoms with Crippen LogP contribution in [-0.2, 0) is 6.54 Å². The molecule has 84 valence electrons. The molecule has 2 aromatic rings. The van der Waals surface area contributed by atoms with Crippen LogP contribution in [0, 0.1) is 6.92 Å². The fraction of sp³-hybridized carbons (Fsp3) is 0.182. The minimum absolute atomic E-state index is 0.00722. The van der Waals surface area contributed by atoms with Crippen molar-refractivity contribution >= 4 is 44.5 Å². The maximum absolute atomic E-state index is 11.8. The minimum Gasteiger partial charge on any atom is -0.346 e. The lowest BCUT2D eigenvalue weighted by atomic mass is 10.3. The molecule has 0 atom stereocenters. The van der Waals surface area contributed by atoms with Gasteiger partial charge in [-0.1, -0.05) is 0 Å². The molecule has 1 N–H and O–H groups in total. The molecule has 2 nitrogen and oxygen atoms in total. The van der Waals surface area contributed by atoms with Crippen molar-refractivity contribution in [3.63, 3.8) is 0 Å². The van der Waals surface area contributed by atoms with E-state index < -0.39 is 0 Å². The Labute approximate surface area is 110 Å². The Hall–Kier alpha value is -0.650. The highest BCUT2D eigenvalue weighted by Gasteiger charge is 2.10. The predicted octanol–water partition coefficient (Wildman–Crippen LogP) is 3.81. The monoisotopic (exact) mass is 315 g/mol. The van der Waals surface area contributed by atoms with E-state index in [0.29, 0.717) is 6.54 Å². The molecule has 16 heavy (non-hydrogen) atoms. The molecule has 1 amide bonds. The number of amides is 1. The van der Waals surface area contributed by atoms with Gasteiger partial charge in [0, 0.05) is 9.35 Å². The first kappa shape index (κ1) is 11.8. The lowest BCUT2D eigenvalue weighted by molar-refractivity contribution is 0.0955. The number of carbonyl (C=O) groups excluding carboxylic acids is 1. The summed E-state index contributed by atoms with van der Waals surface area (Å²) in [5.74, 6) is 0.00722. The van der Waals surface area contributed by atoms with E-state index in [1.807, 2.05) is 29.8 Å². The highest BCUT2D eigenvalue weighted by molar-refractivity contribution is 9.10. The van der Waals surface area contributed by atoms with Crippen LogP contribution >= 0.6 is 38.6 Å². The normalized spacial score (nSPS) is 10.4. The van der Waals surface area contributed by atoms with Gasteiger partial charge >= 0.3 is 0 Å². The topological polar surface area (TPSA) is 29.1 Å². The zero-order valence-electron chi connectivity index (χ0n) is 8.62. The second kappa shape index (κ2) is 5.12. The maximum Gasteiger partial charge on any atom is 0.261 e. The molecule has 0 spiro atoms. The third-order valence-corrected chi connectivity index (χ3v) is 5.11. The molecule has 0 saturated heterocycles. The van der Waals surface area contributed by atoms with Crippen LogP contribution in [0.3, 0.4) is 0 Å². The average Bonchev–Trinajstić information content (AvgIpc) is 2.84. The third kappa shape index (κ3) is 2.53. The molecule has 2 rings (SSSR count). The summed E-state index contributed by atoms with van der Waals surface area (Å²) < 4.78 is 1.06. The smallest absolute Gasteiger partial charge is 0.261 e. The first-order chi connectivity index (χ1) is 7.68. The van der Waals surface area contributed by atoms with E-state index in [-0.39, 0.29) is 5.91 Å². The number of aryl methyl sites for hydroxylation is 1. The Morgan fingerprint density at radius 1 is 1.38 bits per heavy atom. The summed E-state index contributed by atoms with van der Waals surface area (Å²) in [7, 11) is 0. The fourth-order valence-electron chi connectivity index (χ4n) is 1.30. The molecule has 2 aromatic heterocycles. The molecule has 0 aromatic carbocycles. The van der Waals surface area contributed by atoms with Gasteiger partial charge in [-0.2, -0.15) is 0 Å². The van der Waals surface area contributed by atoms with Crippen LogP contribution in [-0.4, -0.2) is 5.91 Å². The van der Waals surface area contributed by atoms with Crippen LogP contribution < -0.4 is 5.32 Å². The van der Waals surface area contributed by atoms with Gasteiger partial charge in [0.05, 0.1) is 11.4 Å². The van der Waals surface area contributed by atoms with Crippen LogP contribution in [0.4, 0.5) is 0 Å². The van der Waals surface area contributed by atoms with Crippen molar-refractivity contribution in [2.75, 3.05) is 0 Å². The van der Waals surface area contributed by atoms with Gasteiger partial charge in [0.2, 0.25) is 0 Å². The van der Waals surface area contributed by atoms with E-state index in [4.69, 9.17) is 0 Å². The molecular weight excluding hydrogens is 306 g/mol. The Morgan fingerprint density at radius 3 is 2.69 bits per heavy atom. The van der Waals surface area contributed by atoms with Crippen LogP contribution in [0.2, 0.25) is 0 Å². The zero-order chi connectivity index (χ0) is 11.5. The molecule has 0 aliphatic rings. The SMILES string of the molecule is Cc1ccsc1C(=O)NCc1sccc1Br. The van der Waals surface area contributed by atoms with Crippen molar-refractivity contribution < 1.29 is 4.79 Å². The van der Waals surface area contributed by atoms with Crippen molar-refractivity contribution in [3.05, 3.63) is 42.7 Å². The van der Waals surface area contributed by atoms with Crippen LogP contribution in [0.5, 0.6) is 0 Å². The largest absolute Gasteiger partial charge is 0.346 e. The summed E-state index contributed by atoms with van der Waals surface area (Å²) in [6, 6.07) is 3.95. The molecule has 2 heterocycles. The van der Waals surface area contributed by atoms with Gasteiger partial charge in [-0.15, -0.1) is 22.7 Å². The first-order valence-electron chi connectivity index (χ1n) is 4.72. The number of nitrogens with one attached hydrogen (secondary N) is 1. The van der Waals surface area contributed by atoms with Crippen molar-refractivity contribution in [1.82, 2.24) is 5.32 Å². The van der Waals surface area contributed by atoms with Gasteiger partial charge < -0.3 is 5.32 Å². The summed E-state index contributed by atoms with van der Waals surface area (Å²) in [5, 5.41) is 6.86. The van der Waals surface area contributed by atoms with E-state index in [1.165, 1.54) is 11.3 Å². The molecule has 0 aliphatic heterocycles. The molecular formula is C11H10BrNOS2. The van der Waals surface area contributed by atoms with E-state index in [0.717, 1.165) is 19.8 Å². The van der Waals surface area contributed by atoms with E-state index >= 15 is 0 Å². The minimum atomic E-state index is 0.00722. The number of hydrogen-bond acceptors (Lipinski definition) is 3. The molecule has 5 heteroatoms. The van der Waals surface area contributed by atoms with Crippen LogP contribution in [0.25, 0.3) is 0 Å². The van der Waals surface area contributed by atoms with Gasteiger partial charge in [-0.05, 0) is 51.3 Å². The molecule has 0 unspecified atom stereocenters. The van der Waals surface area contributed by atoms with E-state index in [9.17, 15) is 4.79 Å². The number of rotatable bonds is 3. The third-order valence-electron chi connectivity index (χ3n) is 2.17. The van der Waals surface area contributed by atoms with Crippen molar-refractivity contribution in [2.24, 2.45) is 0 Å². The van der Waals surface area contributed by atoms with Crippen molar-refractivity contribution in [3.8, 4) is 0 Å².